The molecule has 29 heavy (non-hydrogen) atoms. The second kappa shape index (κ2) is 7.97. The van der Waals surface area contributed by atoms with Crippen molar-refractivity contribution in [1.82, 2.24) is 0 Å². The zero-order valence-electron chi connectivity index (χ0n) is 19.7. The van der Waals surface area contributed by atoms with Crippen LogP contribution in [0.15, 0.2) is 11.6 Å². The van der Waals surface area contributed by atoms with Crippen molar-refractivity contribution in [2.75, 3.05) is 0 Å². The first-order valence-electron chi connectivity index (χ1n) is 12.7. The highest BCUT2D eigenvalue weighted by molar-refractivity contribution is 5.29. The summed E-state index contributed by atoms with van der Waals surface area (Å²) in [6.07, 6.45) is 13.9. The molecule has 3 saturated carbocycles. The quantitative estimate of drug-likeness (QED) is 0.525. The fourth-order valence-corrected chi connectivity index (χ4v) is 8.74. The van der Waals surface area contributed by atoms with Gasteiger partial charge in [0.1, 0.15) is 6.10 Å². The van der Waals surface area contributed by atoms with Crippen molar-refractivity contribution in [3.05, 3.63) is 11.6 Å². The van der Waals surface area contributed by atoms with Crippen LogP contribution < -0.4 is 0 Å². The Hall–Kier alpha value is -0.340. The van der Waals surface area contributed by atoms with Gasteiger partial charge in [-0.15, -0.1) is 0 Å². The van der Waals surface area contributed by atoms with Crippen molar-refractivity contribution in [1.29, 1.82) is 0 Å². The van der Waals surface area contributed by atoms with Crippen LogP contribution in [0.4, 0.5) is 0 Å². The number of hydrogen-bond donors (Lipinski definition) is 2. The molecule has 4 aliphatic carbocycles. The molecule has 0 amide bonds. The van der Waals surface area contributed by atoms with Crippen LogP contribution in [0.3, 0.4) is 0 Å². The van der Waals surface area contributed by atoms with Gasteiger partial charge in [-0.05, 0) is 96.9 Å². The molecule has 0 aromatic carbocycles. The molecule has 0 saturated heterocycles. The Morgan fingerprint density at radius 3 is 2.45 bits per heavy atom. The first-order valence-corrected chi connectivity index (χ1v) is 12.7. The first kappa shape index (κ1) is 21.9. The molecule has 166 valence electrons. The summed E-state index contributed by atoms with van der Waals surface area (Å²) >= 11 is 0. The van der Waals surface area contributed by atoms with Gasteiger partial charge in [0, 0.05) is 0 Å². The maximum atomic E-state index is 10.7. The highest BCUT2D eigenvalue weighted by Gasteiger charge is 2.60. The van der Waals surface area contributed by atoms with Crippen LogP contribution in [-0.2, 0) is 0 Å². The minimum Gasteiger partial charge on any atom is -0.390 e. The van der Waals surface area contributed by atoms with Crippen molar-refractivity contribution in [2.24, 2.45) is 46.3 Å². The van der Waals surface area contributed by atoms with E-state index in [9.17, 15) is 10.2 Å². The van der Waals surface area contributed by atoms with Crippen molar-refractivity contribution < 1.29 is 10.2 Å². The van der Waals surface area contributed by atoms with Gasteiger partial charge >= 0.3 is 0 Å². The molecule has 0 heterocycles. The summed E-state index contributed by atoms with van der Waals surface area (Å²) < 4.78 is 0. The maximum Gasteiger partial charge on any atom is 0.101 e. The summed E-state index contributed by atoms with van der Waals surface area (Å²) in [5.74, 6) is 4.95. The molecule has 2 N–H and O–H groups in total. The number of hydrogen-bond acceptors (Lipinski definition) is 2. The van der Waals surface area contributed by atoms with Gasteiger partial charge in [-0.3, -0.25) is 0 Å². The average Bonchev–Trinajstić information content (AvgIpc) is 3.02. The largest absolute Gasteiger partial charge is 0.390 e. The van der Waals surface area contributed by atoms with E-state index >= 15 is 0 Å². The van der Waals surface area contributed by atoms with E-state index in [-0.39, 0.29) is 5.41 Å². The molecular formula is C27H46O2. The molecule has 0 aliphatic heterocycles. The van der Waals surface area contributed by atoms with Gasteiger partial charge in [-0.1, -0.05) is 60.0 Å². The van der Waals surface area contributed by atoms with E-state index < -0.39 is 12.2 Å². The van der Waals surface area contributed by atoms with Crippen LogP contribution in [-0.4, -0.2) is 22.4 Å². The number of aliphatic hydroxyl groups is 2. The van der Waals surface area contributed by atoms with Gasteiger partial charge in [-0.2, -0.15) is 0 Å². The van der Waals surface area contributed by atoms with Gasteiger partial charge in [0.15, 0.2) is 0 Å². The third-order valence-corrected chi connectivity index (χ3v) is 10.4. The molecular weight excluding hydrogens is 356 g/mol. The molecule has 4 aliphatic rings. The highest BCUT2D eigenvalue weighted by atomic mass is 16.3. The van der Waals surface area contributed by atoms with Crippen molar-refractivity contribution in [3.63, 3.8) is 0 Å². The highest BCUT2D eigenvalue weighted by Crippen LogP contribution is 2.67. The van der Waals surface area contributed by atoms with E-state index in [0.717, 1.165) is 48.9 Å². The van der Waals surface area contributed by atoms with E-state index in [1.54, 1.807) is 0 Å². The van der Waals surface area contributed by atoms with Crippen molar-refractivity contribution >= 4 is 0 Å². The molecule has 0 aromatic rings. The van der Waals surface area contributed by atoms with Crippen LogP contribution in [0.25, 0.3) is 0 Å². The lowest BCUT2D eigenvalue weighted by atomic mass is 9.46. The summed E-state index contributed by atoms with van der Waals surface area (Å²) in [6.45, 7) is 12.3. The molecule has 0 radical (unpaired) electrons. The zero-order valence-corrected chi connectivity index (χ0v) is 19.7. The molecule has 9 atom stereocenters. The van der Waals surface area contributed by atoms with Crippen LogP contribution in [0.5, 0.6) is 0 Å². The lowest BCUT2D eigenvalue weighted by Gasteiger charge is -2.59. The Morgan fingerprint density at radius 1 is 0.966 bits per heavy atom. The first-order chi connectivity index (χ1) is 13.7. The number of allylic oxidation sites excluding steroid dienone is 1. The number of fused-ring (bicyclic) bond motifs is 5. The summed E-state index contributed by atoms with van der Waals surface area (Å²) in [6, 6.07) is 0. The molecule has 0 spiro atoms. The molecule has 4 unspecified atom stereocenters. The van der Waals surface area contributed by atoms with Crippen molar-refractivity contribution in [3.8, 4) is 0 Å². The summed E-state index contributed by atoms with van der Waals surface area (Å²) in [7, 11) is 0. The van der Waals surface area contributed by atoms with Gasteiger partial charge in [-0.25, -0.2) is 0 Å². The predicted octanol–water partition coefficient (Wildman–Crippen LogP) is 6.36. The van der Waals surface area contributed by atoms with Gasteiger partial charge in [0.2, 0.25) is 0 Å². The summed E-state index contributed by atoms with van der Waals surface area (Å²) in [5.41, 5.74) is 1.81. The zero-order chi connectivity index (χ0) is 21.0. The molecule has 0 bridgehead atoms. The summed E-state index contributed by atoms with van der Waals surface area (Å²) in [4.78, 5) is 0. The van der Waals surface area contributed by atoms with Crippen LogP contribution in [0, 0.1) is 46.3 Å². The Balaban J connectivity index is 1.51. The lowest BCUT2D eigenvalue weighted by molar-refractivity contribution is -0.0801. The van der Waals surface area contributed by atoms with Gasteiger partial charge < -0.3 is 10.2 Å². The molecule has 2 nitrogen and oxygen atoms in total. The Morgan fingerprint density at radius 2 is 1.72 bits per heavy atom. The topological polar surface area (TPSA) is 40.5 Å². The fraction of sp³-hybridized carbons (Fsp3) is 0.926. The molecule has 3 fully saturated rings. The second-order valence-electron chi connectivity index (χ2n) is 12.3. The van der Waals surface area contributed by atoms with Crippen LogP contribution >= 0.6 is 0 Å². The Kier molecular flexibility index (Phi) is 6.01. The van der Waals surface area contributed by atoms with Gasteiger partial charge in [0.25, 0.3) is 0 Å². The molecule has 2 heteroatoms. The SMILES string of the molecule is CC(C)CCC[C@@H](C)C1CCC2C3CC=C4[C@@H](O)[C@@H](O)CC[C@]4(C)C3CC[C@@]21C. The second-order valence-corrected chi connectivity index (χ2v) is 12.3. The monoisotopic (exact) mass is 402 g/mol. The van der Waals surface area contributed by atoms with E-state index in [0.29, 0.717) is 11.3 Å². The predicted molar refractivity (Wildman–Crippen MR) is 120 cm³/mol. The minimum absolute atomic E-state index is 0.115. The third-order valence-electron chi connectivity index (χ3n) is 10.4. The van der Waals surface area contributed by atoms with Gasteiger partial charge in [0.05, 0.1) is 6.10 Å². The van der Waals surface area contributed by atoms with Crippen LogP contribution in [0.1, 0.15) is 98.8 Å². The summed E-state index contributed by atoms with van der Waals surface area (Å²) in [5, 5.41) is 20.9. The van der Waals surface area contributed by atoms with E-state index in [1.807, 2.05) is 0 Å². The minimum atomic E-state index is -0.625. The normalized spacial score (nSPS) is 47.9. The number of aliphatic hydroxyl groups excluding tert-OH is 2. The maximum absolute atomic E-state index is 10.7. The lowest BCUT2D eigenvalue weighted by Crippen LogP contribution is -2.53. The smallest absolute Gasteiger partial charge is 0.101 e. The fourth-order valence-electron chi connectivity index (χ4n) is 8.74. The Bertz CT molecular complexity index is 624. The average molecular weight is 403 g/mol. The Labute approximate surface area is 179 Å². The van der Waals surface area contributed by atoms with E-state index in [2.05, 4.69) is 40.7 Å². The molecule has 0 aromatic heterocycles. The van der Waals surface area contributed by atoms with Crippen molar-refractivity contribution in [2.45, 2.75) is 111 Å². The van der Waals surface area contributed by atoms with Crippen LogP contribution in [0.2, 0.25) is 0 Å². The van der Waals surface area contributed by atoms with E-state index in [4.69, 9.17) is 0 Å². The third kappa shape index (κ3) is 3.55. The molecule has 4 rings (SSSR count). The number of rotatable bonds is 5. The standard InChI is InChI=1S/C27H46O2/c1-17(2)7-6-8-18(3)20-11-12-21-19-9-10-23-25(29)24(28)14-16-27(23,5)22(19)13-15-26(20,21)4/h10,17-22,24-25,28-29H,6-9,11-16H2,1-5H3/t18-,19?,20?,21?,22?,24+,25-,26-,27-/m1/s1. The van der Waals surface area contributed by atoms with E-state index in [1.165, 1.54) is 50.5 Å².